The van der Waals surface area contributed by atoms with Gasteiger partial charge in [-0.25, -0.2) is 4.68 Å². The molecule has 6 nitrogen and oxygen atoms in total. The standard InChI is InChI=1S/C15H12F3N5O/c1-9-5-13(14(24)21-11-7-19-20-8-11)22-23(9)12-4-2-3-10(6-12)15(16,17)18/h2-8H,1H3,(H,19,20)(H,21,24). The van der Waals surface area contributed by atoms with E-state index in [4.69, 9.17) is 0 Å². The van der Waals surface area contributed by atoms with Gasteiger partial charge in [-0.3, -0.25) is 9.89 Å². The minimum atomic E-state index is -4.45. The first-order valence-electron chi connectivity index (χ1n) is 6.89. The third-order valence-electron chi connectivity index (χ3n) is 3.29. The fourth-order valence-corrected chi connectivity index (χ4v) is 2.18. The second-order valence-electron chi connectivity index (χ2n) is 5.07. The minimum Gasteiger partial charge on any atom is -0.318 e. The molecule has 0 saturated heterocycles. The van der Waals surface area contributed by atoms with Crippen molar-refractivity contribution in [3.8, 4) is 5.69 Å². The van der Waals surface area contributed by atoms with E-state index in [-0.39, 0.29) is 11.4 Å². The van der Waals surface area contributed by atoms with E-state index in [2.05, 4.69) is 20.6 Å². The minimum absolute atomic E-state index is 0.0890. The molecular weight excluding hydrogens is 323 g/mol. The van der Waals surface area contributed by atoms with Gasteiger partial charge in [0.2, 0.25) is 0 Å². The van der Waals surface area contributed by atoms with E-state index in [1.165, 1.54) is 35.3 Å². The molecule has 0 atom stereocenters. The normalized spacial score (nSPS) is 11.5. The number of nitrogens with one attached hydrogen (secondary N) is 2. The molecule has 2 heterocycles. The largest absolute Gasteiger partial charge is 0.416 e. The number of rotatable bonds is 3. The average molecular weight is 335 g/mol. The Balaban J connectivity index is 1.90. The number of carbonyl (C=O) groups is 1. The molecule has 1 aromatic carbocycles. The third-order valence-corrected chi connectivity index (χ3v) is 3.29. The van der Waals surface area contributed by atoms with Crippen molar-refractivity contribution in [3.05, 3.63) is 59.7 Å². The van der Waals surface area contributed by atoms with Crippen LogP contribution in [-0.4, -0.2) is 25.9 Å². The fraction of sp³-hybridized carbons (Fsp3) is 0.133. The molecule has 3 aromatic rings. The highest BCUT2D eigenvalue weighted by Gasteiger charge is 2.30. The van der Waals surface area contributed by atoms with Crippen LogP contribution >= 0.6 is 0 Å². The molecule has 0 aliphatic heterocycles. The van der Waals surface area contributed by atoms with E-state index in [1.807, 2.05) is 0 Å². The highest BCUT2D eigenvalue weighted by Crippen LogP contribution is 2.30. The Morgan fingerprint density at radius 3 is 2.75 bits per heavy atom. The van der Waals surface area contributed by atoms with Gasteiger partial charge in [0.15, 0.2) is 5.69 Å². The van der Waals surface area contributed by atoms with Gasteiger partial charge in [-0.1, -0.05) is 6.07 Å². The number of anilines is 1. The van der Waals surface area contributed by atoms with Gasteiger partial charge in [-0.2, -0.15) is 23.4 Å². The number of alkyl halides is 3. The van der Waals surface area contributed by atoms with Crippen molar-refractivity contribution < 1.29 is 18.0 Å². The van der Waals surface area contributed by atoms with E-state index >= 15 is 0 Å². The van der Waals surface area contributed by atoms with Crippen LogP contribution in [0.1, 0.15) is 21.7 Å². The summed E-state index contributed by atoms with van der Waals surface area (Å²) in [5, 5.41) is 12.9. The maximum atomic E-state index is 12.8. The lowest BCUT2D eigenvalue weighted by Crippen LogP contribution is -2.13. The first-order valence-corrected chi connectivity index (χ1v) is 6.89. The quantitative estimate of drug-likeness (QED) is 0.772. The molecule has 2 aromatic heterocycles. The molecule has 0 aliphatic carbocycles. The molecule has 0 spiro atoms. The highest BCUT2D eigenvalue weighted by molar-refractivity contribution is 6.02. The van der Waals surface area contributed by atoms with Crippen molar-refractivity contribution in [2.24, 2.45) is 0 Å². The van der Waals surface area contributed by atoms with Gasteiger partial charge in [0.05, 0.1) is 23.1 Å². The molecule has 0 radical (unpaired) electrons. The highest BCUT2D eigenvalue weighted by atomic mass is 19.4. The van der Waals surface area contributed by atoms with E-state index in [0.717, 1.165) is 12.1 Å². The van der Waals surface area contributed by atoms with Crippen molar-refractivity contribution in [3.63, 3.8) is 0 Å². The van der Waals surface area contributed by atoms with E-state index in [1.54, 1.807) is 6.92 Å². The van der Waals surface area contributed by atoms with Crippen molar-refractivity contribution in [2.75, 3.05) is 5.32 Å². The summed E-state index contributed by atoms with van der Waals surface area (Å²) in [6.07, 6.45) is -1.53. The van der Waals surface area contributed by atoms with E-state index < -0.39 is 17.6 Å². The summed E-state index contributed by atoms with van der Waals surface area (Å²) >= 11 is 0. The van der Waals surface area contributed by atoms with Crippen LogP contribution in [0.25, 0.3) is 5.69 Å². The smallest absolute Gasteiger partial charge is 0.318 e. The number of halogens is 3. The maximum Gasteiger partial charge on any atom is 0.416 e. The lowest BCUT2D eigenvalue weighted by molar-refractivity contribution is -0.137. The Morgan fingerprint density at radius 1 is 1.29 bits per heavy atom. The van der Waals surface area contributed by atoms with Crippen LogP contribution in [0.3, 0.4) is 0 Å². The Kier molecular flexibility index (Phi) is 3.84. The predicted octanol–water partition coefficient (Wildman–Crippen LogP) is 3.17. The molecule has 124 valence electrons. The van der Waals surface area contributed by atoms with Gasteiger partial charge < -0.3 is 5.32 Å². The van der Waals surface area contributed by atoms with Crippen LogP contribution < -0.4 is 5.32 Å². The van der Waals surface area contributed by atoms with Crippen molar-refractivity contribution in [1.29, 1.82) is 0 Å². The molecule has 1 amide bonds. The Hall–Kier alpha value is -3.10. The van der Waals surface area contributed by atoms with Gasteiger partial charge in [-0.05, 0) is 31.2 Å². The maximum absolute atomic E-state index is 12.8. The summed E-state index contributed by atoms with van der Waals surface area (Å²) in [5.41, 5.74) is 0.535. The summed E-state index contributed by atoms with van der Waals surface area (Å²) in [6.45, 7) is 1.65. The predicted molar refractivity (Wildman–Crippen MR) is 79.8 cm³/mol. The van der Waals surface area contributed by atoms with E-state index in [9.17, 15) is 18.0 Å². The summed E-state index contributed by atoms with van der Waals surface area (Å²) in [7, 11) is 0. The summed E-state index contributed by atoms with van der Waals surface area (Å²) in [6, 6.07) is 6.25. The van der Waals surface area contributed by atoms with Gasteiger partial charge in [0, 0.05) is 11.9 Å². The van der Waals surface area contributed by atoms with E-state index in [0.29, 0.717) is 11.4 Å². The zero-order valence-electron chi connectivity index (χ0n) is 12.4. The first-order chi connectivity index (χ1) is 11.3. The molecule has 3 rings (SSSR count). The molecule has 0 saturated carbocycles. The number of benzene rings is 1. The monoisotopic (exact) mass is 335 g/mol. The van der Waals surface area contributed by atoms with Gasteiger partial charge >= 0.3 is 6.18 Å². The third kappa shape index (κ3) is 3.14. The molecule has 0 fully saturated rings. The average Bonchev–Trinajstić information content (AvgIpc) is 3.16. The summed E-state index contributed by atoms with van der Waals surface area (Å²) in [5.74, 6) is -0.481. The summed E-state index contributed by atoms with van der Waals surface area (Å²) < 4.78 is 39.8. The topological polar surface area (TPSA) is 75.6 Å². The molecule has 24 heavy (non-hydrogen) atoms. The lowest BCUT2D eigenvalue weighted by atomic mass is 10.2. The number of nitrogens with zero attached hydrogens (tertiary/aromatic N) is 3. The second kappa shape index (κ2) is 5.84. The van der Waals surface area contributed by atoms with Gasteiger partial charge in [0.1, 0.15) is 0 Å². The van der Waals surface area contributed by atoms with Crippen LogP contribution in [0.2, 0.25) is 0 Å². The molecule has 9 heteroatoms. The SMILES string of the molecule is Cc1cc(C(=O)Nc2cn[nH]c2)nn1-c1cccc(C(F)(F)F)c1. The Bertz CT molecular complexity index is 868. The van der Waals surface area contributed by atoms with Gasteiger partial charge in [-0.15, -0.1) is 0 Å². The number of hydrogen-bond acceptors (Lipinski definition) is 3. The summed E-state index contributed by atoms with van der Waals surface area (Å²) in [4.78, 5) is 12.1. The number of amides is 1. The number of aromatic amines is 1. The second-order valence-corrected chi connectivity index (χ2v) is 5.07. The zero-order valence-corrected chi connectivity index (χ0v) is 12.4. The Morgan fingerprint density at radius 2 is 2.08 bits per heavy atom. The molecular formula is C15H12F3N5O. The Labute approximate surface area is 134 Å². The molecule has 0 unspecified atom stereocenters. The number of aryl methyl sites for hydroxylation is 1. The van der Waals surface area contributed by atoms with Crippen LogP contribution in [0.15, 0.2) is 42.7 Å². The van der Waals surface area contributed by atoms with Crippen LogP contribution in [-0.2, 0) is 6.18 Å². The first kappa shape index (κ1) is 15.8. The molecule has 0 bridgehead atoms. The zero-order chi connectivity index (χ0) is 17.3. The van der Waals surface area contributed by atoms with Gasteiger partial charge in [0.25, 0.3) is 5.91 Å². The van der Waals surface area contributed by atoms with Crippen molar-refractivity contribution in [1.82, 2.24) is 20.0 Å². The molecule has 2 N–H and O–H groups in total. The van der Waals surface area contributed by atoms with Crippen LogP contribution in [0.5, 0.6) is 0 Å². The van der Waals surface area contributed by atoms with Crippen LogP contribution in [0, 0.1) is 6.92 Å². The van der Waals surface area contributed by atoms with Crippen LogP contribution in [0.4, 0.5) is 18.9 Å². The number of aromatic nitrogens is 4. The fourth-order valence-electron chi connectivity index (χ4n) is 2.18. The number of H-pyrrole nitrogens is 1. The molecule has 0 aliphatic rings. The number of carbonyl (C=O) groups excluding carboxylic acids is 1. The number of hydrogen-bond donors (Lipinski definition) is 2. The van der Waals surface area contributed by atoms with Crippen molar-refractivity contribution >= 4 is 11.6 Å². The van der Waals surface area contributed by atoms with Crippen molar-refractivity contribution in [2.45, 2.75) is 13.1 Å². The lowest BCUT2D eigenvalue weighted by Gasteiger charge is -2.09.